The van der Waals surface area contributed by atoms with Gasteiger partial charge in [0.25, 0.3) is 0 Å². The van der Waals surface area contributed by atoms with Gasteiger partial charge >= 0.3 is 0 Å². The van der Waals surface area contributed by atoms with Crippen LogP contribution in [0.25, 0.3) is 0 Å². The zero-order chi connectivity index (χ0) is 16.1. The molecule has 1 aliphatic carbocycles. The highest BCUT2D eigenvalue weighted by atomic mass is 16.7. The molecule has 1 amide bonds. The van der Waals surface area contributed by atoms with E-state index >= 15 is 0 Å². The topological polar surface area (TPSA) is 60.0 Å². The molecule has 3 fully saturated rings. The monoisotopic (exact) mass is 326 g/mol. The number of hydrogen-bond acceptors (Lipinski definition) is 5. The molecule has 0 aromatic rings. The van der Waals surface area contributed by atoms with Crippen LogP contribution in [-0.2, 0) is 19.0 Å². The minimum Gasteiger partial charge on any atom is -0.377 e. The largest absolute Gasteiger partial charge is 0.377 e. The molecular formula is C17H30N2O4. The van der Waals surface area contributed by atoms with E-state index in [1.165, 1.54) is 6.42 Å². The Kier molecular flexibility index (Phi) is 5.91. The molecule has 1 atom stereocenters. The molecule has 3 rings (SSSR count). The molecule has 3 aliphatic rings. The van der Waals surface area contributed by atoms with E-state index in [1.807, 2.05) is 7.05 Å². The lowest BCUT2D eigenvalue weighted by molar-refractivity contribution is -0.180. The van der Waals surface area contributed by atoms with Crippen molar-refractivity contribution in [2.45, 2.75) is 62.9 Å². The smallest absolute Gasteiger partial charge is 0.234 e. The van der Waals surface area contributed by atoms with Crippen LogP contribution < -0.4 is 5.32 Å². The molecule has 2 saturated heterocycles. The number of carbonyl (C=O) groups is 1. The van der Waals surface area contributed by atoms with E-state index in [2.05, 4.69) is 10.2 Å². The Hall–Kier alpha value is -0.690. The molecule has 0 aromatic heterocycles. The Morgan fingerprint density at radius 2 is 1.87 bits per heavy atom. The highest BCUT2D eigenvalue weighted by molar-refractivity contribution is 5.78. The molecule has 0 aromatic carbocycles. The Morgan fingerprint density at radius 1 is 1.13 bits per heavy atom. The Labute approximate surface area is 138 Å². The van der Waals surface area contributed by atoms with Crippen LogP contribution in [0, 0.1) is 0 Å². The number of hydrogen-bond donors (Lipinski definition) is 1. The molecule has 0 radical (unpaired) electrons. The van der Waals surface area contributed by atoms with Crippen molar-refractivity contribution >= 4 is 5.91 Å². The van der Waals surface area contributed by atoms with Crippen LogP contribution in [-0.4, -0.2) is 68.7 Å². The van der Waals surface area contributed by atoms with Gasteiger partial charge in [-0.05, 0) is 39.2 Å². The van der Waals surface area contributed by atoms with Gasteiger partial charge in [0.2, 0.25) is 5.91 Å². The molecule has 1 saturated carbocycles. The van der Waals surface area contributed by atoms with Crippen molar-refractivity contribution in [1.29, 1.82) is 0 Å². The highest BCUT2D eigenvalue weighted by Crippen LogP contribution is 2.35. The molecule has 2 heterocycles. The third-order valence-corrected chi connectivity index (χ3v) is 5.13. The molecule has 0 unspecified atom stereocenters. The van der Waals surface area contributed by atoms with Crippen LogP contribution in [0.5, 0.6) is 0 Å². The van der Waals surface area contributed by atoms with Crippen molar-refractivity contribution in [1.82, 2.24) is 10.2 Å². The lowest BCUT2D eigenvalue weighted by Crippen LogP contribution is -2.47. The fourth-order valence-corrected chi connectivity index (χ4v) is 3.87. The van der Waals surface area contributed by atoms with E-state index in [0.29, 0.717) is 19.8 Å². The molecule has 1 spiro atoms. The van der Waals surface area contributed by atoms with Gasteiger partial charge < -0.3 is 19.5 Å². The van der Waals surface area contributed by atoms with Crippen LogP contribution in [0.15, 0.2) is 0 Å². The van der Waals surface area contributed by atoms with Crippen molar-refractivity contribution < 1.29 is 19.0 Å². The molecule has 1 N–H and O–H groups in total. The summed E-state index contributed by atoms with van der Waals surface area (Å²) in [6.07, 6.45) is 7.41. The summed E-state index contributed by atoms with van der Waals surface area (Å²) in [6, 6.07) is 0.250. The first-order valence-electron chi connectivity index (χ1n) is 9.03. The van der Waals surface area contributed by atoms with E-state index in [1.54, 1.807) is 0 Å². The Bertz CT molecular complexity index is 382. The maximum atomic E-state index is 12.2. The van der Waals surface area contributed by atoms with Gasteiger partial charge in [0, 0.05) is 32.0 Å². The number of rotatable bonds is 5. The Balaban J connectivity index is 1.34. The van der Waals surface area contributed by atoms with Crippen LogP contribution in [0.4, 0.5) is 0 Å². The van der Waals surface area contributed by atoms with E-state index in [-0.39, 0.29) is 23.8 Å². The Morgan fingerprint density at radius 3 is 2.52 bits per heavy atom. The lowest BCUT2D eigenvalue weighted by atomic mass is 9.90. The van der Waals surface area contributed by atoms with Crippen molar-refractivity contribution in [2.75, 3.05) is 40.0 Å². The third kappa shape index (κ3) is 4.89. The minimum atomic E-state index is -0.351. The van der Waals surface area contributed by atoms with Crippen LogP contribution in [0.2, 0.25) is 0 Å². The number of nitrogens with one attached hydrogen (secondary N) is 1. The van der Waals surface area contributed by atoms with E-state index in [9.17, 15) is 4.79 Å². The summed E-state index contributed by atoms with van der Waals surface area (Å²) in [5.74, 6) is -0.242. The van der Waals surface area contributed by atoms with Crippen molar-refractivity contribution in [3.63, 3.8) is 0 Å². The van der Waals surface area contributed by atoms with Crippen molar-refractivity contribution in [3.8, 4) is 0 Å². The maximum Gasteiger partial charge on any atom is 0.234 e. The van der Waals surface area contributed by atoms with Gasteiger partial charge in [-0.2, -0.15) is 0 Å². The van der Waals surface area contributed by atoms with E-state index < -0.39 is 0 Å². The standard InChI is InChI=1S/C17H30N2O4/c1-19(12-15-4-2-3-9-21-15)13-16(20)18-14-5-7-17(8-6-14)22-10-11-23-17/h14-15H,2-13H2,1H3,(H,18,20)/t15-/m1/s1. The quantitative estimate of drug-likeness (QED) is 0.825. The predicted molar refractivity (Wildman–Crippen MR) is 86.1 cm³/mol. The summed E-state index contributed by atoms with van der Waals surface area (Å²) in [5.41, 5.74) is 0. The lowest BCUT2D eigenvalue weighted by Gasteiger charge is -2.35. The molecule has 132 valence electrons. The second-order valence-corrected chi connectivity index (χ2v) is 7.13. The SMILES string of the molecule is CN(CC(=O)NC1CCC2(CC1)OCCO2)C[C@H]1CCCCO1. The van der Waals surface area contributed by atoms with Gasteiger partial charge in [0.1, 0.15) is 0 Å². The molecule has 2 aliphatic heterocycles. The van der Waals surface area contributed by atoms with Gasteiger partial charge in [0.05, 0.1) is 25.9 Å². The van der Waals surface area contributed by atoms with Gasteiger partial charge in [0.15, 0.2) is 5.79 Å². The molecule has 0 bridgehead atoms. The fraction of sp³-hybridized carbons (Fsp3) is 0.941. The van der Waals surface area contributed by atoms with Gasteiger partial charge in [-0.1, -0.05) is 0 Å². The predicted octanol–water partition coefficient (Wildman–Crippen LogP) is 1.29. The first-order chi connectivity index (χ1) is 11.2. The van der Waals surface area contributed by atoms with Crippen molar-refractivity contribution in [2.24, 2.45) is 0 Å². The number of ether oxygens (including phenoxy) is 3. The van der Waals surface area contributed by atoms with Crippen molar-refractivity contribution in [3.05, 3.63) is 0 Å². The molecular weight excluding hydrogens is 296 g/mol. The summed E-state index contributed by atoms with van der Waals surface area (Å²) in [7, 11) is 1.99. The number of nitrogens with zero attached hydrogens (tertiary/aromatic N) is 1. The van der Waals surface area contributed by atoms with E-state index in [0.717, 1.165) is 51.7 Å². The minimum absolute atomic E-state index is 0.109. The summed E-state index contributed by atoms with van der Waals surface area (Å²) in [4.78, 5) is 14.3. The van der Waals surface area contributed by atoms with E-state index in [4.69, 9.17) is 14.2 Å². The number of carbonyl (C=O) groups excluding carboxylic acids is 1. The third-order valence-electron chi connectivity index (χ3n) is 5.13. The molecule has 23 heavy (non-hydrogen) atoms. The second kappa shape index (κ2) is 7.92. The van der Waals surface area contributed by atoms with Crippen LogP contribution in [0.1, 0.15) is 44.9 Å². The fourth-order valence-electron chi connectivity index (χ4n) is 3.87. The number of amides is 1. The number of likely N-dealkylation sites (N-methyl/N-ethyl adjacent to an activating group) is 1. The van der Waals surface area contributed by atoms with Gasteiger partial charge in [-0.3, -0.25) is 9.69 Å². The summed E-state index contributed by atoms with van der Waals surface area (Å²) in [5, 5.41) is 3.16. The summed E-state index contributed by atoms with van der Waals surface area (Å²) >= 11 is 0. The highest BCUT2D eigenvalue weighted by Gasteiger charge is 2.40. The van der Waals surface area contributed by atoms with Gasteiger partial charge in [-0.15, -0.1) is 0 Å². The zero-order valence-electron chi connectivity index (χ0n) is 14.2. The zero-order valence-corrected chi connectivity index (χ0v) is 14.2. The first kappa shape index (κ1) is 17.1. The summed E-state index contributed by atoms with van der Waals surface area (Å²) < 4.78 is 17.2. The van der Waals surface area contributed by atoms with Gasteiger partial charge in [-0.25, -0.2) is 0 Å². The second-order valence-electron chi connectivity index (χ2n) is 7.13. The normalized spacial score (nSPS) is 28.3. The molecule has 6 nitrogen and oxygen atoms in total. The first-order valence-corrected chi connectivity index (χ1v) is 9.03. The average Bonchev–Trinajstić information content (AvgIpc) is 2.99. The summed E-state index contributed by atoms with van der Waals surface area (Å²) in [6.45, 7) is 3.53. The van der Waals surface area contributed by atoms with Crippen LogP contribution in [0.3, 0.4) is 0 Å². The maximum absolute atomic E-state index is 12.2. The average molecular weight is 326 g/mol. The molecule has 6 heteroatoms. The van der Waals surface area contributed by atoms with Crippen LogP contribution >= 0.6 is 0 Å².